The van der Waals surface area contributed by atoms with Crippen LogP contribution in [0.3, 0.4) is 0 Å². The van der Waals surface area contributed by atoms with E-state index in [-0.39, 0.29) is 0 Å². The molecule has 1 aromatic heterocycles. The zero-order chi connectivity index (χ0) is 14.2. The smallest absolute Gasteiger partial charge is 0.105 e. The summed E-state index contributed by atoms with van der Waals surface area (Å²) in [6.07, 6.45) is 2.66. The van der Waals surface area contributed by atoms with E-state index in [0.29, 0.717) is 0 Å². The molecule has 0 amide bonds. The summed E-state index contributed by atoms with van der Waals surface area (Å²) in [5.41, 5.74) is 2.62. The molecule has 3 heteroatoms. The average molecular weight is 272 g/mol. The van der Waals surface area contributed by atoms with Gasteiger partial charge in [-0.3, -0.25) is 0 Å². The van der Waals surface area contributed by atoms with Gasteiger partial charge in [0.05, 0.1) is 6.26 Å². The molecule has 0 fully saturated rings. The SMILES string of the molecule is CCN(CC)c1ccc(CNCCc2ccco2)cc1. The first kappa shape index (κ1) is 14.7. The minimum Gasteiger partial charge on any atom is -0.469 e. The lowest BCUT2D eigenvalue weighted by atomic mass is 10.2. The number of hydrogen-bond acceptors (Lipinski definition) is 3. The van der Waals surface area contributed by atoms with Crippen molar-refractivity contribution in [2.75, 3.05) is 24.5 Å². The van der Waals surface area contributed by atoms with Crippen molar-refractivity contribution in [3.8, 4) is 0 Å². The summed E-state index contributed by atoms with van der Waals surface area (Å²) in [4.78, 5) is 2.36. The summed E-state index contributed by atoms with van der Waals surface area (Å²) in [6, 6.07) is 12.8. The number of anilines is 1. The van der Waals surface area contributed by atoms with Gasteiger partial charge in [-0.15, -0.1) is 0 Å². The van der Waals surface area contributed by atoms with Crippen LogP contribution in [0.4, 0.5) is 5.69 Å². The standard InChI is InChI=1S/C17H24N2O/c1-3-19(4-2)16-9-7-15(8-10-16)14-18-12-11-17-6-5-13-20-17/h5-10,13,18H,3-4,11-12,14H2,1-2H3. The Morgan fingerprint density at radius 2 is 1.80 bits per heavy atom. The molecule has 0 radical (unpaired) electrons. The minimum atomic E-state index is 0.902. The van der Waals surface area contributed by atoms with Crippen molar-refractivity contribution in [1.29, 1.82) is 0 Å². The highest BCUT2D eigenvalue weighted by atomic mass is 16.3. The van der Waals surface area contributed by atoms with Crippen molar-refractivity contribution < 1.29 is 4.42 Å². The van der Waals surface area contributed by atoms with Gasteiger partial charge in [-0.05, 0) is 43.7 Å². The monoisotopic (exact) mass is 272 g/mol. The lowest BCUT2D eigenvalue weighted by molar-refractivity contribution is 0.499. The van der Waals surface area contributed by atoms with Crippen LogP contribution in [0.25, 0.3) is 0 Å². The molecular weight excluding hydrogens is 248 g/mol. The van der Waals surface area contributed by atoms with E-state index < -0.39 is 0 Å². The normalized spacial score (nSPS) is 10.7. The van der Waals surface area contributed by atoms with E-state index in [1.165, 1.54) is 11.3 Å². The van der Waals surface area contributed by atoms with Gasteiger partial charge in [0.15, 0.2) is 0 Å². The average Bonchev–Trinajstić information content (AvgIpc) is 3.00. The van der Waals surface area contributed by atoms with Gasteiger partial charge in [0.2, 0.25) is 0 Å². The second-order valence-electron chi connectivity index (χ2n) is 4.84. The molecular formula is C17H24N2O. The summed E-state index contributed by atoms with van der Waals surface area (Å²) in [6.45, 7) is 8.32. The minimum absolute atomic E-state index is 0.902. The summed E-state index contributed by atoms with van der Waals surface area (Å²) < 4.78 is 5.31. The van der Waals surface area contributed by atoms with Crippen molar-refractivity contribution in [1.82, 2.24) is 5.32 Å². The Morgan fingerprint density at radius 3 is 2.40 bits per heavy atom. The van der Waals surface area contributed by atoms with E-state index in [2.05, 4.69) is 48.3 Å². The summed E-state index contributed by atoms with van der Waals surface area (Å²) >= 11 is 0. The van der Waals surface area contributed by atoms with Crippen LogP contribution in [0.2, 0.25) is 0 Å². The summed E-state index contributed by atoms with van der Waals surface area (Å²) in [5, 5.41) is 3.44. The van der Waals surface area contributed by atoms with Crippen molar-refractivity contribution in [3.63, 3.8) is 0 Å². The fourth-order valence-electron chi connectivity index (χ4n) is 2.31. The molecule has 108 valence electrons. The van der Waals surface area contributed by atoms with Crippen LogP contribution >= 0.6 is 0 Å². The summed E-state index contributed by atoms with van der Waals surface area (Å²) in [7, 11) is 0. The lowest BCUT2D eigenvalue weighted by Gasteiger charge is -2.21. The Morgan fingerprint density at radius 1 is 1.05 bits per heavy atom. The third-order valence-corrected chi connectivity index (χ3v) is 3.52. The first-order valence-corrected chi connectivity index (χ1v) is 7.40. The zero-order valence-electron chi connectivity index (χ0n) is 12.4. The molecule has 0 aliphatic carbocycles. The number of benzene rings is 1. The van der Waals surface area contributed by atoms with E-state index in [0.717, 1.165) is 38.4 Å². The molecule has 0 bridgehead atoms. The highest BCUT2D eigenvalue weighted by Gasteiger charge is 2.01. The maximum atomic E-state index is 5.31. The second-order valence-corrected chi connectivity index (χ2v) is 4.84. The molecule has 0 saturated carbocycles. The van der Waals surface area contributed by atoms with Crippen molar-refractivity contribution in [3.05, 3.63) is 54.0 Å². The predicted molar refractivity (Wildman–Crippen MR) is 84.1 cm³/mol. The largest absolute Gasteiger partial charge is 0.469 e. The molecule has 1 aromatic carbocycles. The molecule has 0 aliphatic heterocycles. The number of furan rings is 1. The second kappa shape index (κ2) is 7.75. The van der Waals surface area contributed by atoms with E-state index >= 15 is 0 Å². The quantitative estimate of drug-likeness (QED) is 0.746. The number of hydrogen-bond donors (Lipinski definition) is 1. The first-order chi connectivity index (χ1) is 9.83. The van der Waals surface area contributed by atoms with E-state index in [9.17, 15) is 0 Å². The Hall–Kier alpha value is -1.74. The first-order valence-electron chi connectivity index (χ1n) is 7.40. The fraction of sp³-hybridized carbons (Fsp3) is 0.412. The van der Waals surface area contributed by atoms with Gasteiger partial charge in [0.1, 0.15) is 5.76 Å². The molecule has 3 nitrogen and oxygen atoms in total. The van der Waals surface area contributed by atoms with Crippen molar-refractivity contribution >= 4 is 5.69 Å². The van der Waals surface area contributed by atoms with Crippen LogP contribution in [0.5, 0.6) is 0 Å². The molecule has 1 heterocycles. The van der Waals surface area contributed by atoms with E-state index in [4.69, 9.17) is 4.42 Å². The van der Waals surface area contributed by atoms with Gasteiger partial charge >= 0.3 is 0 Å². The molecule has 20 heavy (non-hydrogen) atoms. The molecule has 0 atom stereocenters. The fourth-order valence-corrected chi connectivity index (χ4v) is 2.31. The van der Waals surface area contributed by atoms with Gasteiger partial charge in [-0.1, -0.05) is 12.1 Å². The molecule has 0 aliphatic rings. The number of nitrogens with one attached hydrogen (secondary N) is 1. The molecule has 2 rings (SSSR count). The number of rotatable bonds is 8. The molecule has 0 spiro atoms. The van der Waals surface area contributed by atoms with Crippen molar-refractivity contribution in [2.24, 2.45) is 0 Å². The van der Waals surface area contributed by atoms with Gasteiger partial charge in [0, 0.05) is 38.3 Å². The Labute approximate surface area is 121 Å². The van der Waals surface area contributed by atoms with Gasteiger partial charge in [-0.25, -0.2) is 0 Å². The van der Waals surface area contributed by atoms with E-state index in [1.807, 2.05) is 12.1 Å². The topological polar surface area (TPSA) is 28.4 Å². The lowest BCUT2D eigenvalue weighted by Crippen LogP contribution is -2.21. The maximum absolute atomic E-state index is 5.31. The highest BCUT2D eigenvalue weighted by Crippen LogP contribution is 2.14. The van der Waals surface area contributed by atoms with Crippen LogP contribution in [0.1, 0.15) is 25.2 Å². The van der Waals surface area contributed by atoms with Crippen molar-refractivity contribution in [2.45, 2.75) is 26.8 Å². The zero-order valence-corrected chi connectivity index (χ0v) is 12.4. The van der Waals surface area contributed by atoms with Crippen LogP contribution in [-0.4, -0.2) is 19.6 Å². The van der Waals surface area contributed by atoms with Crippen LogP contribution in [0, 0.1) is 0 Å². The Balaban J connectivity index is 1.76. The van der Waals surface area contributed by atoms with Gasteiger partial charge in [0.25, 0.3) is 0 Å². The van der Waals surface area contributed by atoms with Gasteiger partial charge < -0.3 is 14.6 Å². The molecule has 2 aromatic rings. The highest BCUT2D eigenvalue weighted by molar-refractivity contribution is 5.47. The maximum Gasteiger partial charge on any atom is 0.105 e. The van der Waals surface area contributed by atoms with Crippen LogP contribution in [0.15, 0.2) is 47.1 Å². The third kappa shape index (κ3) is 4.14. The van der Waals surface area contributed by atoms with E-state index in [1.54, 1.807) is 6.26 Å². The molecule has 1 N–H and O–H groups in total. The molecule has 0 unspecified atom stereocenters. The Kier molecular flexibility index (Phi) is 5.69. The predicted octanol–water partition coefficient (Wildman–Crippen LogP) is 3.46. The number of nitrogens with zero attached hydrogens (tertiary/aromatic N) is 1. The third-order valence-electron chi connectivity index (χ3n) is 3.52. The van der Waals surface area contributed by atoms with Gasteiger partial charge in [-0.2, -0.15) is 0 Å². The molecule has 0 saturated heterocycles. The van der Waals surface area contributed by atoms with Crippen LogP contribution < -0.4 is 10.2 Å². The van der Waals surface area contributed by atoms with Crippen LogP contribution in [-0.2, 0) is 13.0 Å². The summed E-state index contributed by atoms with van der Waals surface area (Å²) in [5.74, 6) is 1.04. The Bertz CT molecular complexity index is 472.